The maximum absolute atomic E-state index is 13.6. The summed E-state index contributed by atoms with van der Waals surface area (Å²) in [4.78, 5) is 10.7. The van der Waals surface area contributed by atoms with Crippen LogP contribution in [0.25, 0.3) is 0 Å². The summed E-state index contributed by atoms with van der Waals surface area (Å²) in [6.07, 6.45) is 2.11. The Morgan fingerprint density at radius 3 is 2.68 bits per heavy atom. The zero-order valence-corrected chi connectivity index (χ0v) is 10.8. The summed E-state index contributed by atoms with van der Waals surface area (Å²) in [6, 6.07) is 3.92. The first-order valence-corrected chi connectivity index (χ1v) is 6.37. The molecule has 1 aliphatic heterocycles. The molecule has 1 aliphatic rings. The number of hydrogen-bond acceptors (Lipinski definition) is 3. The number of carboxylic acids is 1. The van der Waals surface area contributed by atoms with Crippen molar-refractivity contribution in [2.75, 3.05) is 13.2 Å². The lowest BCUT2D eigenvalue weighted by atomic mass is 9.77. The van der Waals surface area contributed by atoms with Gasteiger partial charge in [0.05, 0.1) is 5.56 Å². The van der Waals surface area contributed by atoms with Crippen molar-refractivity contribution in [2.24, 2.45) is 5.92 Å². The van der Waals surface area contributed by atoms with Crippen molar-refractivity contribution in [1.82, 2.24) is 0 Å². The lowest BCUT2D eigenvalue weighted by Gasteiger charge is -2.27. The quantitative estimate of drug-likeness (QED) is 0.842. The predicted molar refractivity (Wildman–Crippen MR) is 69.0 cm³/mol. The van der Waals surface area contributed by atoms with E-state index in [0.29, 0.717) is 24.6 Å². The minimum absolute atomic E-state index is 0.344. The van der Waals surface area contributed by atoms with E-state index in [2.05, 4.69) is 6.92 Å². The molecule has 0 saturated carbocycles. The second kappa shape index (κ2) is 6.17. The number of carbonyl (C=O) groups is 1. The van der Waals surface area contributed by atoms with Crippen molar-refractivity contribution < 1.29 is 23.6 Å². The number of hydrogen-bond donors (Lipinski definition) is 1. The zero-order chi connectivity index (χ0) is 13.8. The van der Waals surface area contributed by atoms with E-state index in [4.69, 9.17) is 14.4 Å². The van der Waals surface area contributed by atoms with Crippen molar-refractivity contribution in [3.05, 3.63) is 29.6 Å². The van der Waals surface area contributed by atoms with Crippen LogP contribution in [0.5, 0.6) is 0 Å². The summed E-state index contributed by atoms with van der Waals surface area (Å²) < 4.78 is 24.7. The van der Waals surface area contributed by atoms with Crippen LogP contribution in [0, 0.1) is 11.7 Å². The molecule has 0 amide bonds. The van der Waals surface area contributed by atoms with E-state index in [0.717, 1.165) is 18.9 Å². The van der Waals surface area contributed by atoms with Crippen molar-refractivity contribution in [1.29, 1.82) is 0 Å². The van der Waals surface area contributed by atoms with Crippen LogP contribution in [-0.4, -0.2) is 31.4 Å². The molecular weight excluding hydrogens is 250 g/mol. The van der Waals surface area contributed by atoms with Crippen molar-refractivity contribution in [3.63, 3.8) is 0 Å². The highest BCUT2D eigenvalue weighted by Gasteiger charge is 2.29. The van der Waals surface area contributed by atoms with Gasteiger partial charge < -0.3 is 14.4 Å². The van der Waals surface area contributed by atoms with Crippen LogP contribution in [0.15, 0.2) is 18.2 Å². The van der Waals surface area contributed by atoms with Gasteiger partial charge in [-0.1, -0.05) is 19.4 Å². The Morgan fingerprint density at radius 1 is 1.47 bits per heavy atom. The highest BCUT2D eigenvalue weighted by molar-refractivity contribution is 6.61. The third-order valence-electron chi connectivity index (χ3n) is 3.16. The summed E-state index contributed by atoms with van der Waals surface area (Å²) in [5, 5.41) is 8.76. The normalized spacial score (nSPS) is 16.6. The molecule has 0 unspecified atom stereocenters. The molecule has 0 radical (unpaired) electrons. The van der Waals surface area contributed by atoms with Gasteiger partial charge in [0.15, 0.2) is 0 Å². The molecule has 1 heterocycles. The Hall–Kier alpha value is -1.40. The molecule has 2 rings (SSSR count). The van der Waals surface area contributed by atoms with Crippen LogP contribution in [0.3, 0.4) is 0 Å². The molecule has 0 aromatic heterocycles. The average molecular weight is 266 g/mol. The minimum Gasteiger partial charge on any atom is -0.478 e. The van der Waals surface area contributed by atoms with Gasteiger partial charge >= 0.3 is 13.1 Å². The molecule has 6 heteroatoms. The van der Waals surface area contributed by atoms with Gasteiger partial charge in [-0.2, -0.15) is 0 Å². The van der Waals surface area contributed by atoms with E-state index in [9.17, 15) is 9.18 Å². The lowest BCUT2D eigenvalue weighted by Crippen LogP contribution is -2.44. The molecule has 1 aromatic carbocycles. The molecule has 0 spiro atoms. The van der Waals surface area contributed by atoms with Gasteiger partial charge in [-0.15, -0.1) is 0 Å². The fraction of sp³-hybridized carbons (Fsp3) is 0.462. The highest BCUT2D eigenvalue weighted by atomic mass is 19.1. The minimum atomic E-state index is -1.28. The second-order valence-corrected chi connectivity index (χ2v) is 4.70. The largest absolute Gasteiger partial charge is 0.493 e. The van der Waals surface area contributed by atoms with E-state index in [-0.39, 0.29) is 5.56 Å². The summed E-state index contributed by atoms with van der Waals surface area (Å²) in [6.45, 7) is 3.27. The van der Waals surface area contributed by atoms with Gasteiger partial charge in [0.1, 0.15) is 5.82 Å². The molecule has 1 fully saturated rings. The molecule has 4 nitrogen and oxygen atoms in total. The first-order chi connectivity index (χ1) is 9.11. The third kappa shape index (κ3) is 3.33. The first-order valence-electron chi connectivity index (χ1n) is 6.37. The van der Waals surface area contributed by atoms with Gasteiger partial charge in [0.2, 0.25) is 0 Å². The topological polar surface area (TPSA) is 55.8 Å². The predicted octanol–water partition coefficient (Wildman–Crippen LogP) is 1.68. The zero-order valence-electron chi connectivity index (χ0n) is 10.8. The Morgan fingerprint density at radius 2 is 2.16 bits per heavy atom. The monoisotopic (exact) mass is 266 g/mol. The average Bonchev–Trinajstić information content (AvgIpc) is 2.39. The number of benzene rings is 1. The van der Waals surface area contributed by atoms with Crippen LogP contribution < -0.4 is 5.46 Å². The van der Waals surface area contributed by atoms with E-state index >= 15 is 0 Å². The second-order valence-electron chi connectivity index (χ2n) is 4.70. The van der Waals surface area contributed by atoms with Gasteiger partial charge in [0.25, 0.3) is 0 Å². The van der Waals surface area contributed by atoms with Gasteiger partial charge in [0, 0.05) is 19.1 Å². The molecule has 1 N–H and O–H groups in total. The van der Waals surface area contributed by atoms with Gasteiger partial charge in [-0.05, 0) is 24.0 Å². The molecule has 102 valence electrons. The van der Waals surface area contributed by atoms with Crippen molar-refractivity contribution in [2.45, 2.75) is 19.8 Å². The van der Waals surface area contributed by atoms with E-state index in [1.807, 2.05) is 0 Å². The summed E-state index contributed by atoms with van der Waals surface area (Å²) >= 11 is 0. The number of aromatic carboxylic acids is 1. The van der Waals surface area contributed by atoms with Crippen LogP contribution in [0.2, 0.25) is 0 Å². The Balaban J connectivity index is 2.04. The first kappa shape index (κ1) is 14.0. The van der Waals surface area contributed by atoms with E-state index in [1.54, 1.807) is 0 Å². The summed E-state index contributed by atoms with van der Waals surface area (Å²) in [5.74, 6) is -1.67. The van der Waals surface area contributed by atoms with Gasteiger partial charge in [-0.25, -0.2) is 9.18 Å². The number of rotatable bonds is 4. The van der Waals surface area contributed by atoms with Crippen LogP contribution in [0.4, 0.5) is 4.39 Å². The van der Waals surface area contributed by atoms with E-state index in [1.165, 1.54) is 12.1 Å². The van der Waals surface area contributed by atoms with Crippen molar-refractivity contribution >= 4 is 18.6 Å². The fourth-order valence-corrected chi connectivity index (χ4v) is 2.16. The third-order valence-corrected chi connectivity index (χ3v) is 3.16. The fourth-order valence-electron chi connectivity index (χ4n) is 2.16. The SMILES string of the molecule is CCCC1COB(c2ccc(C(=O)O)c(F)c2)OC1. The maximum atomic E-state index is 13.6. The molecule has 0 bridgehead atoms. The Kier molecular flexibility index (Phi) is 4.55. The molecule has 19 heavy (non-hydrogen) atoms. The van der Waals surface area contributed by atoms with Crippen molar-refractivity contribution in [3.8, 4) is 0 Å². The molecule has 1 saturated heterocycles. The molecule has 1 aromatic rings. The summed E-state index contributed by atoms with van der Waals surface area (Å²) in [5.41, 5.74) is 0.167. The molecular formula is C13H16BFO4. The number of halogens is 1. The molecule has 0 aliphatic carbocycles. The summed E-state index contributed by atoms with van der Waals surface area (Å²) in [7, 11) is -0.606. The van der Waals surface area contributed by atoms with Crippen LogP contribution in [-0.2, 0) is 9.31 Å². The Labute approximate surface area is 111 Å². The van der Waals surface area contributed by atoms with Crippen LogP contribution >= 0.6 is 0 Å². The standard InChI is InChI=1S/C13H16BFO4/c1-2-3-9-7-18-14(19-8-9)10-4-5-11(13(16)17)12(15)6-10/h4-6,9H,2-3,7-8H2,1H3,(H,16,17). The lowest BCUT2D eigenvalue weighted by molar-refractivity contribution is 0.0691. The van der Waals surface area contributed by atoms with E-state index < -0.39 is 18.9 Å². The Bertz CT molecular complexity index is 458. The highest BCUT2D eigenvalue weighted by Crippen LogP contribution is 2.15. The maximum Gasteiger partial charge on any atom is 0.493 e. The van der Waals surface area contributed by atoms with Gasteiger partial charge in [-0.3, -0.25) is 0 Å². The smallest absolute Gasteiger partial charge is 0.478 e. The molecule has 0 atom stereocenters. The van der Waals surface area contributed by atoms with Crippen LogP contribution in [0.1, 0.15) is 30.1 Å². The number of carboxylic acid groups (broad SMARTS) is 1.